The predicted octanol–water partition coefficient (Wildman–Crippen LogP) is 3.34. The average molecular weight is 192 g/mol. The summed E-state index contributed by atoms with van der Waals surface area (Å²) in [6, 6.07) is 10.3. The molecule has 0 saturated heterocycles. The quantitative estimate of drug-likeness (QED) is 0.685. The first kappa shape index (κ1) is 11.3. The molecule has 0 amide bonds. The highest BCUT2D eigenvalue weighted by Crippen LogP contribution is 2.21. The molecule has 1 heteroatoms. The van der Waals surface area contributed by atoms with Gasteiger partial charge in [-0.3, -0.25) is 0 Å². The van der Waals surface area contributed by atoms with Gasteiger partial charge in [-0.1, -0.05) is 56.5 Å². The first-order valence-corrected chi connectivity index (χ1v) is 5.54. The molecule has 1 aromatic carbocycles. The first-order valence-electron chi connectivity index (χ1n) is 5.54. The van der Waals surface area contributed by atoms with Gasteiger partial charge in [-0.2, -0.15) is 0 Å². The fraction of sp³-hybridized carbons (Fsp3) is 0.538. The van der Waals surface area contributed by atoms with Gasteiger partial charge in [0, 0.05) is 12.5 Å². The van der Waals surface area contributed by atoms with Gasteiger partial charge in [0.15, 0.2) is 0 Å². The number of aliphatic hydroxyl groups excluding tert-OH is 1. The van der Waals surface area contributed by atoms with Crippen LogP contribution in [0.5, 0.6) is 0 Å². The van der Waals surface area contributed by atoms with Crippen molar-refractivity contribution in [2.45, 2.75) is 38.5 Å². The molecule has 0 bridgehead atoms. The molecule has 0 saturated carbocycles. The van der Waals surface area contributed by atoms with E-state index >= 15 is 0 Å². The van der Waals surface area contributed by atoms with Crippen molar-refractivity contribution >= 4 is 0 Å². The molecule has 0 unspecified atom stereocenters. The lowest BCUT2D eigenvalue weighted by Crippen LogP contribution is -2.03. The molecule has 1 rings (SSSR count). The van der Waals surface area contributed by atoms with Gasteiger partial charge >= 0.3 is 0 Å². The van der Waals surface area contributed by atoms with E-state index in [1.54, 1.807) is 0 Å². The molecule has 0 aliphatic carbocycles. The monoisotopic (exact) mass is 192 g/mol. The number of hydrogen-bond acceptors (Lipinski definition) is 1. The van der Waals surface area contributed by atoms with Gasteiger partial charge in [-0.15, -0.1) is 0 Å². The molecule has 0 fully saturated rings. The van der Waals surface area contributed by atoms with Crippen LogP contribution in [0.4, 0.5) is 0 Å². The molecule has 0 radical (unpaired) electrons. The zero-order valence-electron chi connectivity index (χ0n) is 8.95. The van der Waals surface area contributed by atoms with Crippen LogP contribution in [-0.4, -0.2) is 11.7 Å². The number of rotatable bonds is 6. The molecule has 0 aliphatic heterocycles. The topological polar surface area (TPSA) is 20.2 Å². The summed E-state index contributed by atoms with van der Waals surface area (Å²) in [4.78, 5) is 0. The van der Waals surface area contributed by atoms with Crippen LogP contribution in [0.2, 0.25) is 0 Å². The lowest BCUT2D eigenvalue weighted by atomic mass is 9.94. The highest BCUT2D eigenvalue weighted by Gasteiger charge is 2.08. The Balaban J connectivity index is 2.46. The Hall–Kier alpha value is -0.820. The van der Waals surface area contributed by atoms with Crippen LogP contribution in [0.1, 0.15) is 44.1 Å². The lowest BCUT2D eigenvalue weighted by Gasteiger charge is -2.13. The minimum absolute atomic E-state index is 0.272. The van der Waals surface area contributed by atoms with Crippen LogP contribution in [-0.2, 0) is 0 Å². The number of aliphatic hydroxyl groups is 1. The lowest BCUT2D eigenvalue weighted by molar-refractivity contribution is 0.256. The summed E-state index contributed by atoms with van der Waals surface area (Å²) in [6.07, 6.45) is 4.83. The van der Waals surface area contributed by atoms with E-state index in [1.807, 2.05) is 18.2 Å². The summed E-state index contributed by atoms with van der Waals surface area (Å²) in [5.74, 6) is 0.336. The fourth-order valence-corrected chi connectivity index (χ4v) is 1.73. The third-order valence-electron chi connectivity index (χ3n) is 2.65. The van der Waals surface area contributed by atoms with Gasteiger partial charge in [-0.25, -0.2) is 0 Å². The normalized spacial score (nSPS) is 12.7. The standard InChI is InChI=1S/C13H20O/c1-2-3-5-10-13(11-14)12-8-6-4-7-9-12/h4,6-9,13-14H,2-3,5,10-11H2,1H3/t13-/m0/s1. The van der Waals surface area contributed by atoms with E-state index in [4.69, 9.17) is 0 Å². The van der Waals surface area contributed by atoms with E-state index in [0.717, 1.165) is 6.42 Å². The predicted molar refractivity (Wildman–Crippen MR) is 60.4 cm³/mol. The summed E-state index contributed by atoms with van der Waals surface area (Å²) in [7, 11) is 0. The van der Waals surface area contributed by atoms with Gasteiger partial charge in [0.25, 0.3) is 0 Å². The highest BCUT2D eigenvalue weighted by molar-refractivity contribution is 5.19. The Morgan fingerprint density at radius 2 is 1.86 bits per heavy atom. The molecular formula is C13H20O. The van der Waals surface area contributed by atoms with Crippen LogP contribution in [0.15, 0.2) is 30.3 Å². The van der Waals surface area contributed by atoms with Crippen LogP contribution >= 0.6 is 0 Å². The van der Waals surface area contributed by atoms with E-state index in [9.17, 15) is 5.11 Å². The maximum absolute atomic E-state index is 9.28. The maximum Gasteiger partial charge on any atom is 0.0499 e. The Bertz CT molecular complexity index is 230. The zero-order chi connectivity index (χ0) is 10.2. The fourth-order valence-electron chi connectivity index (χ4n) is 1.73. The average Bonchev–Trinajstić information content (AvgIpc) is 2.26. The summed E-state index contributed by atoms with van der Waals surface area (Å²) < 4.78 is 0. The summed E-state index contributed by atoms with van der Waals surface area (Å²) in [5, 5.41) is 9.28. The molecule has 14 heavy (non-hydrogen) atoms. The first-order chi connectivity index (χ1) is 6.88. The molecule has 0 aromatic heterocycles. The highest BCUT2D eigenvalue weighted by atomic mass is 16.3. The maximum atomic E-state index is 9.28. The smallest absolute Gasteiger partial charge is 0.0499 e. The van der Waals surface area contributed by atoms with E-state index in [1.165, 1.54) is 24.8 Å². The van der Waals surface area contributed by atoms with Crippen molar-refractivity contribution in [3.63, 3.8) is 0 Å². The van der Waals surface area contributed by atoms with Crippen molar-refractivity contribution < 1.29 is 5.11 Å². The van der Waals surface area contributed by atoms with E-state index in [2.05, 4.69) is 19.1 Å². The van der Waals surface area contributed by atoms with Crippen molar-refractivity contribution in [3.05, 3.63) is 35.9 Å². The second-order valence-corrected chi connectivity index (χ2v) is 3.79. The molecule has 1 N–H and O–H groups in total. The van der Waals surface area contributed by atoms with Gasteiger partial charge in [0.1, 0.15) is 0 Å². The number of unbranched alkanes of at least 4 members (excludes halogenated alkanes) is 2. The molecule has 0 spiro atoms. The minimum atomic E-state index is 0.272. The van der Waals surface area contributed by atoms with Gasteiger partial charge in [-0.05, 0) is 12.0 Å². The SMILES string of the molecule is CCCCC[C@@H](CO)c1ccccc1. The van der Waals surface area contributed by atoms with E-state index < -0.39 is 0 Å². The molecule has 0 aliphatic rings. The minimum Gasteiger partial charge on any atom is -0.396 e. The third kappa shape index (κ3) is 3.51. The Labute approximate surface area is 86.8 Å². The van der Waals surface area contributed by atoms with Crippen LogP contribution < -0.4 is 0 Å². The number of benzene rings is 1. The second kappa shape index (κ2) is 6.61. The van der Waals surface area contributed by atoms with Gasteiger partial charge in [0.2, 0.25) is 0 Å². The Morgan fingerprint density at radius 1 is 1.14 bits per heavy atom. The molecule has 1 aromatic rings. The number of hydrogen-bond donors (Lipinski definition) is 1. The van der Waals surface area contributed by atoms with Crippen molar-refractivity contribution in [2.75, 3.05) is 6.61 Å². The second-order valence-electron chi connectivity index (χ2n) is 3.79. The summed E-state index contributed by atoms with van der Waals surface area (Å²) >= 11 is 0. The van der Waals surface area contributed by atoms with E-state index in [-0.39, 0.29) is 6.61 Å². The van der Waals surface area contributed by atoms with Crippen LogP contribution in [0, 0.1) is 0 Å². The van der Waals surface area contributed by atoms with Crippen molar-refractivity contribution in [1.29, 1.82) is 0 Å². The Morgan fingerprint density at radius 3 is 2.43 bits per heavy atom. The van der Waals surface area contributed by atoms with Crippen molar-refractivity contribution in [3.8, 4) is 0 Å². The molecule has 1 nitrogen and oxygen atoms in total. The van der Waals surface area contributed by atoms with Crippen LogP contribution in [0.3, 0.4) is 0 Å². The zero-order valence-corrected chi connectivity index (χ0v) is 8.95. The third-order valence-corrected chi connectivity index (χ3v) is 2.65. The summed E-state index contributed by atoms with van der Waals surface area (Å²) in [6.45, 7) is 2.48. The van der Waals surface area contributed by atoms with E-state index in [0.29, 0.717) is 5.92 Å². The molecule has 0 heterocycles. The largest absolute Gasteiger partial charge is 0.396 e. The Kier molecular flexibility index (Phi) is 5.31. The van der Waals surface area contributed by atoms with Gasteiger partial charge in [0.05, 0.1) is 0 Å². The molecular weight excluding hydrogens is 172 g/mol. The van der Waals surface area contributed by atoms with Crippen molar-refractivity contribution in [1.82, 2.24) is 0 Å². The molecule has 1 atom stereocenters. The summed E-state index contributed by atoms with van der Waals surface area (Å²) in [5.41, 5.74) is 1.27. The van der Waals surface area contributed by atoms with Crippen molar-refractivity contribution in [2.24, 2.45) is 0 Å². The molecule has 78 valence electrons. The van der Waals surface area contributed by atoms with Gasteiger partial charge < -0.3 is 5.11 Å². The van der Waals surface area contributed by atoms with Crippen LogP contribution in [0.25, 0.3) is 0 Å².